The zero-order valence-corrected chi connectivity index (χ0v) is 17.4. The zero-order valence-electron chi connectivity index (χ0n) is 16.6. The number of fused-ring (bicyclic) bond motifs is 1. The molecule has 0 spiro atoms. The lowest BCUT2D eigenvalue weighted by atomic mass is 9.85. The highest BCUT2D eigenvalue weighted by atomic mass is 35.5. The summed E-state index contributed by atoms with van der Waals surface area (Å²) in [6.45, 7) is 1.30. The Morgan fingerprint density at radius 3 is 2.41 bits per heavy atom. The van der Waals surface area contributed by atoms with E-state index in [0.29, 0.717) is 24.2 Å². The van der Waals surface area contributed by atoms with E-state index >= 15 is 0 Å². The molecule has 3 amide bonds. The van der Waals surface area contributed by atoms with Gasteiger partial charge < -0.3 is 26.0 Å². The normalized spacial score (nSPS) is 28.1. The number of halogens is 1. The molecule has 1 aliphatic carbocycles. The van der Waals surface area contributed by atoms with E-state index in [1.54, 1.807) is 12.1 Å². The predicted octanol–water partition coefficient (Wildman–Crippen LogP) is 3.27. The van der Waals surface area contributed by atoms with Crippen LogP contribution >= 0.6 is 12.4 Å². The van der Waals surface area contributed by atoms with Crippen LogP contribution in [0.15, 0.2) is 24.3 Å². The molecule has 7 nitrogen and oxygen atoms in total. The average Bonchev–Trinajstić information content (AvgIpc) is 3.37. The van der Waals surface area contributed by atoms with Crippen molar-refractivity contribution >= 4 is 35.7 Å². The SMILES string of the molecule is Cl.O=C(NCC1CCCO1)Nc1ccc(NC(=O)C2CC3CCCCC3N2)cc1. The van der Waals surface area contributed by atoms with Crippen LogP contribution in [-0.2, 0) is 9.53 Å². The van der Waals surface area contributed by atoms with Gasteiger partial charge in [-0.1, -0.05) is 12.8 Å². The van der Waals surface area contributed by atoms with Gasteiger partial charge in [0.25, 0.3) is 0 Å². The molecular weight excluding hydrogens is 392 g/mol. The summed E-state index contributed by atoms with van der Waals surface area (Å²) in [6, 6.07) is 7.38. The van der Waals surface area contributed by atoms with Gasteiger partial charge in [0.2, 0.25) is 5.91 Å². The van der Waals surface area contributed by atoms with Crippen molar-refractivity contribution in [1.82, 2.24) is 10.6 Å². The summed E-state index contributed by atoms with van der Waals surface area (Å²) in [6.07, 6.45) is 8.06. The Balaban J connectivity index is 0.00000240. The number of ether oxygens (including phenoxy) is 1. The first-order valence-corrected chi connectivity index (χ1v) is 10.5. The van der Waals surface area contributed by atoms with E-state index in [9.17, 15) is 9.59 Å². The number of nitrogens with one attached hydrogen (secondary N) is 4. The Bertz CT molecular complexity index is 680. The zero-order chi connectivity index (χ0) is 19.3. The molecule has 4 unspecified atom stereocenters. The largest absolute Gasteiger partial charge is 0.376 e. The van der Waals surface area contributed by atoms with Gasteiger partial charge in [-0.3, -0.25) is 4.79 Å². The summed E-state index contributed by atoms with van der Waals surface area (Å²) in [5.41, 5.74) is 1.43. The van der Waals surface area contributed by atoms with Gasteiger partial charge in [-0.2, -0.15) is 0 Å². The fourth-order valence-corrected chi connectivity index (χ4v) is 4.57. The lowest BCUT2D eigenvalue weighted by Gasteiger charge is -2.24. The van der Waals surface area contributed by atoms with Crippen LogP contribution in [-0.4, -0.2) is 43.3 Å². The van der Waals surface area contributed by atoms with Gasteiger partial charge in [-0.25, -0.2) is 4.79 Å². The lowest BCUT2D eigenvalue weighted by Crippen LogP contribution is -2.39. The molecule has 4 atom stereocenters. The van der Waals surface area contributed by atoms with E-state index in [1.165, 1.54) is 25.7 Å². The summed E-state index contributed by atoms with van der Waals surface area (Å²) < 4.78 is 5.49. The molecule has 4 rings (SSSR count). The van der Waals surface area contributed by atoms with Crippen LogP contribution < -0.4 is 21.3 Å². The number of hydrogen-bond acceptors (Lipinski definition) is 4. The molecule has 3 fully saturated rings. The number of amides is 3. The van der Waals surface area contributed by atoms with Crippen molar-refractivity contribution < 1.29 is 14.3 Å². The minimum atomic E-state index is -0.245. The van der Waals surface area contributed by atoms with Gasteiger partial charge in [0.1, 0.15) is 0 Å². The maximum absolute atomic E-state index is 12.6. The first-order chi connectivity index (χ1) is 13.7. The van der Waals surface area contributed by atoms with Crippen LogP contribution in [0.3, 0.4) is 0 Å². The molecule has 0 radical (unpaired) electrons. The van der Waals surface area contributed by atoms with Crippen molar-refractivity contribution in [2.45, 2.75) is 63.1 Å². The third-order valence-electron chi connectivity index (χ3n) is 6.10. The molecule has 1 saturated carbocycles. The van der Waals surface area contributed by atoms with Crippen LogP contribution in [0.5, 0.6) is 0 Å². The van der Waals surface area contributed by atoms with Crippen molar-refractivity contribution in [2.75, 3.05) is 23.8 Å². The van der Waals surface area contributed by atoms with Gasteiger partial charge in [0.15, 0.2) is 0 Å². The Morgan fingerprint density at radius 1 is 1.00 bits per heavy atom. The van der Waals surface area contributed by atoms with E-state index in [2.05, 4.69) is 21.3 Å². The molecule has 1 aromatic rings. The van der Waals surface area contributed by atoms with Gasteiger partial charge in [0.05, 0.1) is 12.1 Å². The second kappa shape index (κ2) is 10.3. The maximum atomic E-state index is 12.6. The smallest absolute Gasteiger partial charge is 0.319 e. The Morgan fingerprint density at radius 2 is 1.72 bits per heavy atom. The first-order valence-electron chi connectivity index (χ1n) is 10.5. The maximum Gasteiger partial charge on any atom is 0.319 e. The lowest BCUT2D eigenvalue weighted by molar-refractivity contribution is -0.117. The van der Waals surface area contributed by atoms with Crippen LogP contribution in [0.1, 0.15) is 44.9 Å². The first kappa shape index (κ1) is 21.9. The Kier molecular flexibility index (Phi) is 7.75. The molecule has 2 heterocycles. The molecule has 0 aromatic heterocycles. The second-order valence-corrected chi connectivity index (χ2v) is 8.14. The van der Waals surface area contributed by atoms with Crippen molar-refractivity contribution in [3.05, 3.63) is 24.3 Å². The van der Waals surface area contributed by atoms with Crippen LogP contribution in [0.25, 0.3) is 0 Å². The standard InChI is InChI=1S/C21H30N4O3.ClH/c26-20(19-12-14-4-1-2-6-18(14)25-19)23-15-7-9-16(10-8-15)24-21(27)22-13-17-5-3-11-28-17;/h7-10,14,17-19,25H,1-6,11-13H2,(H,23,26)(H2,22,24,27);1H. The number of carbonyl (C=O) groups is 2. The molecular formula is C21H31ClN4O3. The quantitative estimate of drug-likeness (QED) is 0.586. The third-order valence-corrected chi connectivity index (χ3v) is 6.10. The Hall–Kier alpha value is -1.83. The van der Waals surface area contributed by atoms with Gasteiger partial charge in [0, 0.05) is 30.6 Å². The molecule has 4 N–H and O–H groups in total. The Labute approximate surface area is 178 Å². The monoisotopic (exact) mass is 422 g/mol. The van der Waals surface area contributed by atoms with Gasteiger partial charge in [-0.15, -0.1) is 12.4 Å². The number of anilines is 2. The van der Waals surface area contributed by atoms with E-state index in [-0.39, 0.29) is 36.5 Å². The highest BCUT2D eigenvalue weighted by Crippen LogP contribution is 2.33. The number of hydrogen-bond donors (Lipinski definition) is 4. The summed E-state index contributed by atoms with van der Waals surface area (Å²) in [5, 5.41) is 12.1. The van der Waals surface area contributed by atoms with E-state index in [0.717, 1.165) is 31.6 Å². The minimum Gasteiger partial charge on any atom is -0.376 e. The molecule has 2 saturated heterocycles. The number of rotatable bonds is 5. The summed E-state index contributed by atoms with van der Waals surface area (Å²) >= 11 is 0. The van der Waals surface area contributed by atoms with Gasteiger partial charge in [-0.05, 0) is 62.3 Å². The molecule has 1 aromatic carbocycles. The third kappa shape index (κ3) is 5.84. The van der Waals surface area contributed by atoms with Gasteiger partial charge >= 0.3 is 6.03 Å². The molecule has 3 aliphatic rings. The van der Waals surface area contributed by atoms with E-state index in [4.69, 9.17) is 4.74 Å². The molecule has 160 valence electrons. The van der Waals surface area contributed by atoms with Crippen molar-refractivity contribution in [1.29, 1.82) is 0 Å². The molecule has 0 bridgehead atoms. The number of carbonyl (C=O) groups excluding carboxylic acids is 2. The number of benzene rings is 1. The van der Waals surface area contributed by atoms with Crippen molar-refractivity contribution in [2.24, 2.45) is 5.92 Å². The predicted molar refractivity (Wildman–Crippen MR) is 116 cm³/mol. The molecule has 2 aliphatic heterocycles. The fourth-order valence-electron chi connectivity index (χ4n) is 4.57. The van der Waals surface area contributed by atoms with Crippen LogP contribution in [0.2, 0.25) is 0 Å². The summed E-state index contributed by atoms with van der Waals surface area (Å²) in [4.78, 5) is 24.5. The highest BCUT2D eigenvalue weighted by Gasteiger charge is 2.38. The summed E-state index contributed by atoms with van der Waals surface area (Å²) in [5.74, 6) is 0.675. The van der Waals surface area contributed by atoms with E-state index in [1.807, 2.05) is 12.1 Å². The van der Waals surface area contributed by atoms with Crippen molar-refractivity contribution in [3.63, 3.8) is 0 Å². The minimum absolute atomic E-state index is 0. The summed E-state index contributed by atoms with van der Waals surface area (Å²) in [7, 11) is 0. The van der Waals surface area contributed by atoms with Crippen LogP contribution in [0, 0.1) is 5.92 Å². The fraction of sp³-hybridized carbons (Fsp3) is 0.619. The number of urea groups is 1. The molecule has 29 heavy (non-hydrogen) atoms. The second-order valence-electron chi connectivity index (χ2n) is 8.14. The topological polar surface area (TPSA) is 91.5 Å². The highest BCUT2D eigenvalue weighted by molar-refractivity contribution is 5.95. The molecule has 8 heteroatoms. The van der Waals surface area contributed by atoms with Crippen molar-refractivity contribution in [3.8, 4) is 0 Å². The van der Waals surface area contributed by atoms with E-state index < -0.39 is 0 Å². The van der Waals surface area contributed by atoms with Crippen LogP contribution in [0.4, 0.5) is 16.2 Å². The average molecular weight is 423 g/mol.